The zero-order valence-corrected chi connectivity index (χ0v) is 14.0. The maximum atomic E-state index is 12.0. The van der Waals surface area contributed by atoms with E-state index in [0.717, 1.165) is 22.2 Å². The van der Waals surface area contributed by atoms with Gasteiger partial charge in [0, 0.05) is 28.0 Å². The molecular formula is C19H15N3O2S. The van der Waals surface area contributed by atoms with Crippen LogP contribution in [0.1, 0.15) is 0 Å². The number of para-hydroxylation sites is 2. The van der Waals surface area contributed by atoms with Gasteiger partial charge in [0.2, 0.25) is 0 Å². The Kier molecular flexibility index (Phi) is 4.18. The van der Waals surface area contributed by atoms with Crippen LogP contribution in [0.2, 0.25) is 0 Å². The molecule has 0 unspecified atom stereocenters. The number of hydrogen-bond acceptors (Lipinski definition) is 4. The van der Waals surface area contributed by atoms with Crippen LogP contribution >= 0.6 is 11.3 Å². The number of anilines is 1. The second kappa shape index (κ2) is 6.78. The lowest BCUT2D eigenvalue weighted by molar-refractivity contribution is -0.118. The second-order valence-electron chi connectivity index (χ2n) is 5.44. The van der Waals surface area contributed by atoms with Gasteiger partial charge < -0.3 is 9.72 Å². The minimum atomic E-state index is -0.233. The summed E-state index contributed by atoms with van der Waals surface area (Å²) in [7, 11) is 0. The number of nitrogens with zero attached hydrogens (tertiary/aromatic N) is 1. The van der Waals surface area contributed by atoms with E-state index in [1.54, 1.807) is 0 Å². The van der Waals surface area contributed by atoms with Crippen molar-refractivity contribution in [1.82, 2.24) is 9.97 Å². The van der Waals surface area contributed by atoms with E-state index in [0.29, 0.717) is 10.9 Å². The molecule has 1 amide bonds. The number of thiazole rings is 1. The van der Waals surface area contributed by atoms with E-state index in [-0.39, 0.29) is 12.5 Å². The molecule has 0 radical (unpaired) electrons. The zero-order chi connectivity index (χ0) is 17.1. The number of aromatic nitrogens is 2. The minimum absolute atomic E-state index is 0.0496. The van der Waals surface area contributed by atoms with Crippen LogP contribution in [0.15, 0.2) is 66.2 Å². The number of H-pyrrole nitrogens is 1. The van der Waals surface area contributed by atoms with Crippen molar-refractivity contribution in [3.63, 3.8) is 0 Å². The molecule has 0 bridgehead atoms. The number of carbonyl (C=O) groups excluding carboxylic acids is 1. The van der Waals surface area contributed by atoms with Crippen molar-refractivity contribution in [2.24, 2.45) is 0 Å². The highest BCUT2D eigenvalue weighted by Gasteiger charge is 2.11. The highest BCUT2D eigenvalue weighted by atomic mass is 32.1. The molecule has 2 aromatic heterocycles. The summed E-state index contributed by atoms with van der Waals surface area (Å²) in [5.74, 6) is 0.431. The molecule has 4 rings (SSSR count). The number of carbonyl (C=O) groups is 1. The van der Waals surface area contributed by atoms with E-state index in [9.17, 15) is 4.79 Å². The molecule has 0 saturated heterocycles. The molecule has 0 aliphatic heterocycles. The third-order valence-corrected chi connectivity index (χ3v) is 4.49. The van der Waals surface area contributed by atoms with Crippen LogP contribution in [-0.2, 0) is 4.79 Å². The fourth-order valence-corrected chi connectivity index (χ4v) is 3.29. The van der Waals surface area contributed by atoms with Gasteiger partial charge in [0.15, 0.2) is 11.7 Å². The Morgan fingerprint density at radius 2 is 1.92 bits per heavy atom. The number of rotatable bonds is 5. The average molecular weight is 349 g/mol. The van der Waals surface area contributed by atoms with Crippen molar-refractivity contribution in [3.05, 3.63) is 66.2 Å². The number of benzene rings is 2. The summed E-state index contributed by atoms with van der Waals surface area (Å²) in [4.78, 5) is 19.8. The summed E-state index contributed by atoms with van der Waals surface area (Å²) >= 11 is 1.39. The van der Waals surface area contributed by atoms with Crippen LogP contribution in [-0.4, -0.2) is 22.5 Å². The number of fused-ring (bicyclic) bond motifs is 1. The van der Waals surface area contributed by atoms with E-state index in [4.69, 9.17) is 4.74 Å². The van der Waals surface area contributed by atoms with Gasteiger partial charge in [0.05, 0.1) is 5.69 Å². The standard InChI is InChI=1S/C19H15N3O2S/c23-18(11-24-13-6-2-1-3-7-13)22-19-21-17(12-25-19)15-10-20-16-9-5-4-8-14(15)16/h1-10,12,20H,11H2,(H,21,22,23). The van der Waals surface area contributed by atoms with E-state index >= 15 is 0 Å². The Bertz CT molecular complexity index is 1010. The van der Waals surface area contributed by atoms with Crippen molar-refractivity contribution in [2.75, 3.05) is 11.9 Å². The molecule has 0 spiro atoms. The lowest BCUT2D eigenvalue weighted by Gasteiger charge is -2.05. The molecule has 2 N–H and O–H groups in total. The monoisotopic (exact) mass is 349 g/mol. The third kappa shape index (κ3) is 3.39. The van der Waals surface area contributed by atoms with E-state index in [1.165, 1.54) is 11.3 Å². The molecule has 0 saturated carbocycles. The van der Waals surface area contributed by atoms with Gasteiger partial charge in [-0.25, -0.2) is 4.98 Å². The SMILES string of the molecule is O=C(COc1ccccc1)Nc1nc(-c2c[nH]c3ccccc23)cs1. The first-order valence-electron chi connectivity index (χ1n) is 7.79. The van der Waals surface area contributed by atoms with Crippen LogP contribution in [0.4, 0.5) is 5.13 Å². The van der Waals surface area contributed by atoms with E-state index in [1.807, 2.05) is 66.2 Å². The largest absolute Gasteiger partial charge is 0.484 e. The third-order valence-electron chi connectivity index (χ3n) is 3.73. The van der Waals surface area contributed by atoms with Gasteiger partial charge in [-0.3, -0.25) is 10.1 Å². The summed E-state index contributed by atoms with van der Waals surface area (Å²) in [5.41, 5.74) is 2.92. The predicted molar refractivity (Wildman–Crippen MR) is 100.0 cm³/mol. The van der Waals surface area contributed by atoms with Crippen LogP contribution < -0.4 is 10.1 Å². The van der Waals surface area contributed by atoms with Gasteiger partial charge in [0.1, 0.15) is 5.75 Å². The van der Waals surface area contributed by atoms with Crippen LogP contribution in [0, 0.1) is 0 Å². The van der Waals surface area contributed by atoms with Gasteiger partial charge in [-0.2, -0.15) is 0 Å². The van der Waals surface area contributed by atoms with Gasteiger partial charge in [0.25, 0.3) is 5.91 Å². The number of aromatic amines is 1. The average Bonchev–Trinajstić information content (AvgIpc) is 3.27. The topological polar surface area (TPSA) is 67.0 Å². The van der Waals surface area contributed by atoms with Gasteiger partial charge in [-0.05, 0) is 18.2 Å². The minimum Gasteiger partial charge on any atom is -0.484 e. The van der Waals surface area contributed by atoms with Crippen molar-refractivity contribution in [3.8, 4) is 17.0 Å². The molecule has 4 aromatic rings. The van der Waals surface area contributed by atoms with Crippen LogP contribution in [0.5, 0.6) is 5.75 Å². The number of amides is 1. The lowest BCUT2D eigenvalue weighted by Crippen LogP contribution is -2.19. The Balaban J connectivity index is 1.44. The zero-order valence-electron chi connectivity index (χ0n) is 13.2. The van der Waals surface area contributed by atoms with Crippen molar-refractivity contribution in [1.29, 1.82) is 0 Å². The Morgan fingerprint density at radius 1 is 1.12 bits per heavy atom. The summed E-state index contributed by atoms with van der Waals surface area (Å²) in [6, 6.07) is 17.3. The summed E-state index contributed by atoms with van der Waals surface area (Å²) in [5, 5.41) is 6.38. The molecule has 0 atom stereocenters. The fraction of sp³-hybridized carbons (Fsp3) is 0.0526. The maximum Gasteiger partial charge on any atom is 0.264 e. The highest BCUT2D eigenvalue weighted by Crippen LogP contribution is 2.30. The summed E-state index contributed by atoms with van der Waals surface area (Å²) in [6.07, 6.45) is 1.93. The maximum absolute atomic E-state index is 12.0. The molecule has 5 nitrogen and oxygen atoms in total. The van der Waals surface area contributed by atoms with Crippen LogP contribution in [0.25, 0.3) is 22.2 Å². The predicted octanol–water partition coefficient (Wildman–Crippen LogP) is 4.31. The normalized spacial score (nSPS) is 10.7. The molecule has 2 heterocycles. The molecule has 124 valence electrons. The summed E-state index contributed by atoms with van der Waals surface area (Å²) < 4.78 is 5.44. The second-order valence-corrected chi connectivity index (χ2v) is 6.29. The van der Waals surface area contributed by atoms with Crippen LogP contribution in [0.3, 0.4) is 0 Å². The van der Waals surface area contributed by atoms with Crippen molar-refractivity contribution >= 4 is 33.3 Å². The first-order valence-corrected chi connectivity index (χ1v) is 8.67. The van der Waals surface area contributed by atoms with Crippen molar-refractivity contribution in [2.45, 2.75) is 0 Å². The Morgan fingerprint density at radius 3 is 2.80 bits per heavy atom. The van der Waals surface area contributed by atoms with Gasteiger partial charge >= 0.3 is 0 Å². The summed E-state index contributed by atoms with van der Waals surface area (Å²) in [6.45, 7) is -0.0496. The molecule has 25 heavy (non-hydrogen) atoms. The molecule has 0 fully saturated rings. The Labute approximate surface area is 148 Å². The smallest absolute Gasteiger partial charge is 0.264 e. The quantitative estimate of drug-likeness (QED) is 0.564. The highest BCUT2D eigenvalue weighted by molar-refractivity contribution is 7.14. The number of nitrogens with one attached hydrogen (secondary N) is 2. The molecule has 0 aliphatic carbocycles. The molecular weight excluding hydrogens is 334 g/mol. The molecule has 2 aromatic carbocycles. The van der Waals surface area contributed by atoms with E-state index in [2.05, 4.69) is 15.3 Å². The van der Waals surface area contributed by atoms with Gasteiger partial charge in [-0.15, -0.1) is 11.3 Å². The fourth-order valence-electron chi connectivity index (χ4n) is 2.56. The number of ether oxygens (including phenoxy) is 1. The van der Waals surface area contributed by atoms with Crippen molar-refractivity contribution < 1.29 is 9.53 Å². The first kappa shape index (κ1) is 15.4. The number of hydrogen-bond donors (Lipinski definition) is 2. The lowest BCUT2D eigenvalue weighted by atomic mass is 10.1. The molecule has 6 heteroatoms. The Hall–Kier alpha value is -3.12. The van der Waals surface area contributed by atoms with Gasteiger partial charge in [-0.1, -0.05) is 36.4 Å². The molecule has 0 aliphatic rings. The first-order chi connectivity index (χ1) is 12.3. The van der Waals surface area contributed by atoms with E-state index < -0.39 is 0 Å².